The third kappa shape index (κ3) is 4.58. The average molecular weight is 300 g/mol. The summed E-state index contributed by atoms with van der Waals surface area (Å²) in [5, 5.41) is 0.318. The number of nitrogens with zero attached hydrogens (tertiary/aromatic N) is 1. The minimum Gasteiger partial charge on any atom is -0.326 e. The Morgan fingerprint density at radius 3 is 2.29 bits per heavy atom. The van der Waals surface area contributed by atoms with Crippen LogP contribution in [-0.2, 0) is 5.75 Å². The third-order valence-electron chi connectivity index (χ3n) is 3.61. The molecule has 0 bridgehead atoms. The highest BCUT2D eigenvalue weighted by atomic mass is 32.2. The van der Waals surface area contributed by atoms with Gasteiger partial charge < -0.3 is 5.73 Å². The first-order valence-electron chi connectivity index (χ1n) is 7.44. The number of hydrogen-bond donors (Lipinski definition) is 1. The number of rotatable bonds is 6. The SMILES string of the molecule is CCC(N)C(SCc1cc(C)cc(C)c1)c1ccncc1. The molecule has 1 aromatic heterocycles. The van der Waals surface area contributed by atoms with Crippen LogP contribution in [0.3, 0.4) is 0 Å². The number of benzene rings is 1. The number of pyridine rings is 1. The van der Waals surface area contributed by atoms with E-state index in [0.29, 0.717) is 5.25 Å². The van der Waals surface area contributed by atoms with Crippen LogP contribution in [0.15, 0.2) is 42.7 Å². The summed E-state index contributed by atoms with van der Waals surface area (Å²) in [6.45, 7) is 6.45. The summed E-state index contributed by atoms with van der Waals surface area (Å²) in [5.74, 6) is 0.989. The molecule has 2 rings (SSSR count). The van der Waals surface area contributed by atoms with E-state index in [1.165, 1.54) is 22.3 Å². The standard InChI is InChI=1S/C18H24N2S/c1-4-17(19)18(16-5-7-20-8-6-16)21-12-15-10-13(2)9-14(3)11-15/h5-11,17-18H,4,12,19H2,1-3H3. The Bertz CT molecular complexity index is 548. The van der Waals surface area contributed by atoms with Gasteiger partial charge in [0.25, 0.3) is 0 Å². The maximum atomic E-state index is 6.33. The molecule has 2 N–H and O–H groups in total. The van der Waals surface area contributed by atoms with Gasteiger partial charge in [-0.15, -0.1) is 11.8 Å². The van der Waals surface area contributed by atoms with Crippen LogP contribution < -0.4 is 5.73 Å². The molecule has 2 aromatic rings. The second-order valence-electron chi connectivity index (χ2n) is 5.58. The Labute approximate surface area is 132 Å². The van der Waals surface area contributed by atoms with Gasteiger partial charge in [-0.05, 0) is 43.5 Å². The minimum absolute atomic E-state index is 0.170. The number of aromatic nitrogens is 1. The van der Waals surface area contributed by atoms with Crippen LogP contribution in [0, 0.1) is 13.8 Å². The van der Waals surface area contributed by atoms with Crippen LogP contribution in [0.2, 0.25) is 0 Å². The number of nitrogens with two attached hydrogens (primary N) is 1. The fraction of sp³-hybridized carbons (Fsp3) is 0.389. The van der Waals surface area contributed by atoms with Gasteiger partial charge in [0.1, 0.15) is 0 Å². The molecule has 1 aromatic carbocycles. The third-order valence-corrected chi connectivity index (χ3v) is 5.09. The fourth-order valence-electron chi connectivity index (χ4n) is 2.57. The van der Waals surface area contributed by atoms with Gasteiger partial charge in [0.15, 0.2) is 0 Å². The molecule has 3 heteroatoms. The normalized spacial score (nSPS) is 13.9. The molecule has 0 amide bonds. The lowest BCUT2D eigenvalue weighted by Gasteiger charge is -2.23. The van der Waals surface area contributed by atoms with E-state index in [4.69, 9.17) is 5.73 Å². The molecule has 1 heterocycles. The van der Waals surface area contributed by atoms with E-state index >= 15 is 0 Å². The first kappa shape index (κ1) is 16.1. The molecule has 0 saturated carbocycles. The van der Waals surface area contributed by atoms with Crippen LogP contribution >= 0.6 is 11.8 Å². The molecule has 2 unspecified atom stereocenters. The molecular weight excluding hydrogens is 276 g/mol. The van der Waals surface area contributed by atoms with E-state index in [0.717, 1.165) is 12.2 Å². The van der Waals surface area contributed by atoms with Gasteiger partial charge in [-0.1, -0.05) is 36.2 Å². The van der Waals surface area contributed by atoms with Crippen LogP contribution in [-0.4, -0.2) is 11.0 Å². The lowest BCUT2D eigenvalue weighted by Crippen LogP contribution is -2.25. The monoisotopic (exact) mass is 300 g/mol. The van der Waals surface area contributed by atoms with Crippen molar-refractivity contribution in [2.45, 2.75) is 44.2 Å². The minimum atomic E-state index is 0.170. The highest BCUT2D eigenvalue weighted by Gasteiger charge is 2.19. The predicted molar refractivity (Wildman–Crippen MR) is 92.5 cm³/mol. The van der Waals surface area contributed by atoms with Crippen molar-refractivity contribution in [3.63, 3.8) is 0 Å². The topological polar surface area (TPSA) is 38.9 Å². The second kappa shape index (κ2) is 7.62. The first-order valence-corrected chi connectivity index (χ1v) is 8.49. The Morgan fingerprint density at radius 2 is 1.71 bits per heavy atom. The van der Waals surface area contributed by atoms with Crippen LogP contribution in [0.25, 0.3) is 0 Å². The number of hydrogen-bond acceptors (Lipinski definition) is 3. The summed E-state index contributed by atoms with van der Waals surface area (Å²) in [4.78, 5) is 4.10. The molecule has 0 radical (unpaired) electrons. The smallest absolute Gasteiger partial charge is 0.0452 e. The first-order chi connectivity index (χ1) is 10.1. The zero-order valence-corrected chi connectivity index (χ0v) is 13.9. The Hall–Kier alpha value is -1.32. The van der Waals surface area contributed by atoms with E-state index < -0.39 is 0 Å². The van der Waals surface area contributed by atoms with E-state index in [-0.39, 0.29) is 6.04 Å². The molecule has 21 heavy (non-hydrogen) atoms. The quantitative estimate of drug-likeness (QED) is 0.859. The van der Waals surface area contributed by atoms with Gasteiger partial charge in [-0.3, -0.25) is 4.98 Å². The van der Waals surface area contributed by atoms with Crippen molar-refractivity contribution in [1.82, 2.24) is 4.98 Å². The Kier molecular flexibility index (Phi) is 5.83. The molecule has 0 spiro atoms. The molecule has 0 saturated heterocycles. The summed E-state index contributed by atoms with van der Waals surface area (Å²) in [5.41, 5.74) is 11.6. The van der Waals surface area contributed by atoms with Crippen molar-refractivity contribution in [2.75, 3.05) is 0 Å². The van der Waals surface area contributed by atoms with Crippen molar-refractivity contribution in [3.05, 3.63) is 65.0 Å². The highest BCUT2D eigenvalue weighted by molar-refractivity contribution is 7.98. The van der Waals surface area contributed by atoms with Gasteiger partial charge in [0.05, 0.1) is 0 Å². The number of thioether (sulfide) groups is 1. The van der Waals surface area contributed by atoms with Gasteiger partial charge >= 0.3 is 0 Å². The van der Waals surface area contributed by atoms with Crippen LogP contribution in [0.5, 0.6) is 0 Å². The lowest BCUT2D eigenvalue weighted by atomic mass is 10.1. The van der Waals surface area contributed by atoms with Gasteiger partial charge in [-0.2, -0.15) is 0 Å². The van der Waals surface area contributed by atoms with Crippen molar-refractivity contribution < 1.29 is 0 Å². The van der Waals surface area contributed by atoms with E-state index in [1.807, 2.05) is 24.2 Å². The Balaban J connectivity index is 2.12. The Morgan fingerprint density at radius 1 is 1.10 bits per heavy atom. The van der Waals surface area contributed by atoms with Crippen LogP contribution in [0.4, 0.5) is 0 Å². The summed E-state index contributed by atoms with van der Waals surface area (Å²) in [6, 6.07) is 11.1. The average Bonchev–Trinajstić information content (AvgIpc) is 2.47. The van der Waals surface area contributed by atoms with Crippen molar-refractivity contribution >= 4 is 11.8 Å². The van der Waals surface area contributed by atoms with Crippen LogP contribution in [0.1, 0.15) is 40.8 Å². The van der Waals surface area contributed by atoms with Crippen molar-refractivity contribution in [3.8, 4) is 0 Å². The lowest BCUT2D eigenvalue weighted by molar-refractivity contribution is 0.633. The molecule has 0 fully saturated rings. The zero-order valence-electron chi connectivity index (χ0n) is 13.0. The zero-order chi connectivity index (χ0) is 15.2. The second-order valence-corrected chi connectivity index (χ2v) is 6.71. The van der Waals surface area contributed by atoms with Gasteiger partial charge in [-0.25, -0.2) is 0 Å². The molecule has 112 valence electrons. The maximum Gasteiger partial charge on any atom is 0.0452 e. The van der Waals surface area contributed by atoms with E-state index in [9.17, 15) is 0 Å². The molecule has 0 aliphatic heterocycles. The van der Waals surface area contributed by atoms with E-state index in [2.05, 4.69) is 56.1 Å². The summed E-state index contributed by atoms with van der Waals surface area (Å²) in [7, 11) is 0. The summed E-state index contributed by atoms with van der Waals surface area (Å²) < 4.78 is 0. The van der Waals surface area contributed by atoms with Gasteiger partial charge in [0, 0.05) is 29.4 Å². The van der Waals surface area contributed by atoms with Crippen molar-refractivity contribution in [1.29, 1.82) is 0 Å². The molecule has 2 nitrogen and oxygen atoms in total. The summed E-state index contributed by atoms with van der Waals surface area (Å²) >= 11 is 1.93. The molecule has 0 aliphatic rings. The predicted octanol–water partition coefficient (Wildman–Crippen LogP) is 4.41. The number of aryl methyl sites for hydroxylation is 2. The highest BCUT2D eigenvalue weighted by Crippen LogP contribution is 2.34. The fourth-order valence-corrected chi connectivity index (χ4v) is 3.90. The molecular formula is C18H24N2S. The largest absolute Gasteiger partial charge is 0.326 e. The molecule has 0 aliphatic carbocycles. The van der Waals surface area contributed by atoms with E-state index in [1.54, 1.807) is 0 Å². The van der Waals surface area contributed by atoms with Crippen molar-refractivity contribution in [2.24, 2.45) is 5.73 Å². The summed E-state index contributed by atoms with van der Waals surface area (Å²) in [6.07, 6.45) is 4.68. The maximum absolute atomic E-state index is 6.33. The molecule has 2 atom stereocenters. The van der Waals surface area contributed by atoms with Gasteiger partial charge in [0.2, 0.25) is 0 Å².